The predicted molar refractivity (Wildman–Crippen MR) is 126 cm³/mol. The van der Waals surface area contributed by atoms with Crippen LogP contribution in [0.25, 0.3) is 6.08 Å². The van der Waals surface area contributed by atoms with Crippen LogP contribution in [0.1, 0.15) is 5.69 Å². The van der Waals surface area contributed by atoms with Gasteiger partial charge in [-0.25, -0.2) is 14.6 Å². The second-order valence-electron chi connectivity index (χ2n) is 8.75. The molecule has 3 N–H and O–H groups in total. The van der Waals surface area contributed by atoms with Gasteiger partial charge in [-0.2, -0.15) is 4.98 Å². The Morgan fingerprint density at radius 2 is 1.89 bits per heavy atom. The van der Waals surface area contributed by atoms with Crippen LogP contribution in [0.4, 0.5) is 21.2 Å². The fourth-order valence-corrected chi connectivity index (χ4v) is 4.32. The summed E-state index contributed by atoms with van der Waals surface area (Å²) in [5.41, 5.74) is 1.29. The molecule has 3 fully saturated rings. The SMILES string of the molecule is COCCOc1cc(/C=C2\NC(=O)NC2=O)nc(N2CC3(CN(C(=O)Nc4ccccc4)C3)C2)n1. The number of imide groups is 1. The Morgan fingerprint density at radius 3 is 2.57 bits per heavy atom. The Hall–Kier alpha value is -4.19. The van der Waals surface area contributed by atoms with Crippen LogP contribution in [0.5, 0.6) is 5.88 Å². The third-order valence-corrected chi connectivity index (χ3v) is 5.96. The van der Waals surface area contributed by atoms with Crippen LogP contribution in [-0.4, -0.2) is 79.3 Å². The number of benzene rings is 1. The van der Waals surface area contributed by atoms with E-state index < -0.39 is 11.9 Å². The van der Waals surface area contributed by atoms with E-state index in [1.54, 1.807) is 18.1 Å². The van der Waals surface area contributed by atoms with Gasteiger partial charge < -0.3 is 29.9 Å². The first kappa shape index (κ1) is 22.6. The monoisotopic (exact) mass is 479 g/mol. The van der Waals surface area contributed by atoms with Crippen LogP contribution in [0.15, 0.2) is 42.1 Å². The third-order valence-electron chi connectivity index (χ3n) is 5.96. The summed E-state index contributed by atoms with van der Waals surface area (Å²) in [6, 6.07) is 10.3. The fraction of sp³-hybridized carbons (Fsp3) is 0.348. The smallest absolute Gasteiger partial charge is 0.326 e. The molecule has 0 unspecified atom stereocenters. The van der Waals surface area contributed by atoms with Crippen molar-refractivity contribution in [1.29, 1.82) is 0 Å². The second-order valence-corrected chi connectivity index (χ2v) is 8.75. The average molecular weight is 479 g/mol. The summed E-state index contributed by atoms with van der Waals surface area (Å²) in [4.78, 5) is 48.6. The van der Waals surface area contributed by atoms with E-state index in [-0.39, 0.29) is 17.1 Å². The Kier molecular flexibility index (Phi) is 5.95. The molecule has 0 radical (unpaired) electrons. The number of carbonyl (C=O) groups excluding carboxylic acids is 3. The van der Waals surface area contributed by atoms with E-state index in [1.165, 1.54) is 6.08 Å². The highest BCUT2D eigenvalue weighted by molar-refractivity contribution is 6.13. The summed E-state index contributed by atoms with van der Waals surface area (Å²) in [6.07, 6.45) is 1.48. The van der Waals surface area contributed by atoms with Gasteiger partial charge in [0.25, 0.3) is 5.91 Å². The number of hydrogen-bond acceptors (Lipinski definition) is 8. The molecule has 2 aromatic rings. The van der Waals surface area contributed by atoms with Crippen LogP contribution >= 0.6 is 0 Å². The maximum Gasteiger partial charge on any atom is 0.326 e. The number of urea groups is 2. The molecule has 1 spiro atoms. The van der Waals surface area contributed by atoms with E-state index in [0.29, 0.717) is 56.9 Å². The van der Waals surface area contributed by atoms with Crippen LogP contribution in [0.2, 0.25) is 0 Å². The first-order valence-electron chi connectivity index (χ1n) is 11.1. The van der Waals surface area contributed by atoms with Gasteiger partial charge in [0.05, 0.1) is 12.3 Å². The Bertz CT molecular complexity index is 1170. The molecule has 182 valence electrons. The topological polar surface area (TPSA) is 138 Å². The molecule has 1 aromatic carbocycles. The Balaban J connectivity index is 1.24. The summed E-state index contributed by atoms with van der Waals surface area (Å²) in [7, 11) is 1.58. The summed E-state index contributed by atoms with van der Waals surface area (Å²) in [5, 5.41) is 7.52. The predicted octanol–water partition coefficient (Wildman–Crippen LogP) is 1.04. The molecule has 1 aromatic heterocycles. The Labute approximate surface area is 201 Å². The van der Waals surface area contributed by atoms with Gasteiger partial charge in [-0.1, -0.05) is 18.2 Å². The number of rotatable bonds is 7. The lowest BCUT2D eigenvalue weighted by molar-refractivity contribution is -0.115. The second kappa shape index (κ2) is 9.22. The molecule has 12 nitrogen and oxygen atoms in total. The highest BCUT2D eigenvalue weighted by Gasteiger charge is 2.54. The molecule has 0 aliphatic carbocycles. The van der Waals surface area contributed by atoms with Crippen molar-refractivity contribution in [3.63, 3.8) is 0 Å². The molecule has 3 aliphatic rings. The molecule has 0 atom stereocenters. The highest BCUT2D eigenvalue weighted by atomic mass is 16.5. The number of aromatic nitrogens is 2. The van der Waals surface area contributed by atoms with Crippen molar-refractivity contribution in [3.05, 3.63) is 47.8 Å². The molecule has 0 bridgehead atoms. The van der Waals surface area contributed by atoms with Gasteiger partial charge in [0.2, 0.25) is 11.8 Å². The van der Waals surface area contributed by atoms with Gasteiger partial charge in [-0.3, -0.25) is 10.1 Å². The number of nitrogens with zero attached hydrogens (tertiary/aromatic N) is 4. The van der Waals surface area contributed by atoms with Crippen LogP contribution in [0.3, 0.4) is 0 Å². The quantitative estimate of drug-likeness (QED) is 0.304. The van der Waals surface area contributed by atoms with Crippen molar-refractivity contribution in [2.24, 2.45) is 5.41 Å². The number of ether oxygens (including phenoxy) is 2. The molecular formula is C23H25N7O5. The summed E-state index contributed by atoms with van der Waals surface area (Å²) < 4.78 is 10.7. The molecular weight excluding hydrogens is 454 g/mol. The molecule has 0 saturated carbocycles. The number of para-hydroxylation sites is 1. The number of nitrogens with one attached hydrogen (secondary N) is 3. The summed E-state index contributed by atoms with van der Waals surface area (Å²) in [6.45, 7) is 3.37. The lowest BCUT2D eigenvalue weighted by Crippen LogP contribution is -2.73. The van der Waals surface area contributed by atoms with Gasteiger partial charge >= 0.3 is 12.1 Å². The number of carbonyl (C=O) groups is 3. The minimum atomic E-state index is -0.581. The number of likely N-dealkylation sites (tertiary alicyclic amines) is 1. The van der Waals surface area contributed by atoms with Crippen molar-refractivity contribution < 1.29 is 23.9 Å². The average Bonchev–Trinajstić information content (AvgIpc) is 3.09. The minimum absolute atomic E-state index is 0.00222. The first-order chi connectivity index (χ1) is 16.9. The molecule has 3 aliphatic heterocycles. The lowest BCUT2D eigenvalue weighted by Gasteiger charge is -2.59. The largest absolute Gasteiger partial charge is 0.475 e. The number of anilines is 2. The zero-order valence-corrected chi connectivity index (χ0v) is 19.1. The van der Waals surface area contributed by atoms with Gasteiger partial charge in [0.15, 0.2) is 0 Å². The van der Waals surface area contributed by atoms with Crippen molar-refractivity contribution >= 4 is 35.7 Å². The van der Waals surface area contributed by atoms with E-state index in [1.807, 2.05) is 35.2 Å². The van der Waals surface area contributed by atoms with Crippen molar-refractivity contribution in [3.8, 4) is 5.88 Å². The maximum absolute atomic E-state index is 12.5. The lowest BCUT2D eigenvalue weighted by atomic mass is 9.73. The van der Waals surface area contributed by atoms with Crippen LogP contribution in [0, 0.1) is 5.41 Å². The Morgan fingerprint density at radius 1 is 1.11 bits per heavy atom. The fourth-order valence-electron chi connectivity index (χ4n) is 4.32. The van der Waals surface area contributed by atoms with E-state index in [9.17, 15) is 14.4 Å². The van der Waals surface area contributed by atoms with Gasteiger partial charge in [0, 0.05) is 50.5 Å². The number of amides is 5. The zero-order chi connectivity index (χ0) is 24.4. The molecule has 5 rings (SSSR count). The van der Waals surface area contributed by atoms with Crippen LogP contribution in [-0.2, 0) is 9.53 Å². The van der Waals surface area contributed by atoms with E-state index in [0.717, 1.165) is 5.69 Å². The van der Waals surface area contributed by atoms with Crippen molar-refractivity contribution in [2.45, 2.75) is 0 Å². The van der Waals surface area contributed by atoms with Crippen molar-refractivity contribution in [1.82, 2.24) is 25.5 Å². The third kappa shape index (κ3) is 4.87. The zero-order valence-electron chi connectivity index (χ0n) is 19.1. The van der Waals surface area contributed by atoms with E-state index in [4.69, 9.17) is 9.47 Å². The molecule has 35 heavy (non-hydrogen) atoms. The highest BCUT2D eigenvalue weighted by Crippen LogP contribution is 2.41. The number of hydrogen-bond donors (Lipinski definition) is 3. The minimum Gasteiger partial charge on any atom is -0.475 e. The molecule has 5 amide bonds. The summed E-state index contributed by atoms with van der Waals surface area (Å²) >= 11 is 0. The molecule has 12 heteroatoms. The van der Waals surface area contributed by atoms with E-state index in [2.05, 4.69) is 25.9 Å². The molecule has 4 heterocycles. The normalized spacial score (nSPS) is 19.2. The van der Waals surface area contributed by atoms with Crippen molar-refractivity contribution in [2.75, 3.05) is 56.7 Å². The van der Waals surface area contributed by atoms with Gasteiger partial charge in [-0.15, -0.1) is 0 Å². The van der Waals surface area contributed by atoms with E-state index >= 15 is 0 Å². The van der Waals surface area contributed by atoms with Gasteiger partial charge in [0.1, 0.15) is 12.3 Å². The van der Waals surface area contributed by atoms with Crippen LogP contribution < -0.4 is 25.6 Å². The number of methoxy groups -OCH3 is 1. The van der Waals surface area contributed by atoms with Gasteiger partial charge in [-0.05, 0) is 18.2 Å². The standard InChI is InChI=1S/C23H25N7O5/c1-34-7-8-35-18-10-16(9-17-19(31)28-21(32)26-17)24-20(27-18)29-11-23(12-29)13-30(14-23)22(33)25-15-5-3-2-4-6-15/h2-6,9-10H,7-8,11-14H2,1H3,(H,25,33)(H2,26,28,31,32)/b17-9-. The summed E-state index contributed by atoms with van der Waals surface area (Å²) in [5.74, 6) is 0.264. The maximum atomic E-state index is 12.5. The first-order valence-corrected chi connectivity index (χ1v) is 11.1. The molecule has 3 saturated heterocycles.